The molecule has 0 amide bonds. The zero-order valence-electron chi connectivity index (χ0n) is 6.73. The highest BCUT2D eigenvalue weighted by molar-refractivity contribution is 9.10. The van der Waals surface area contributed by atoms with Crippen molar-refractivity contribution < 1.29 is 0 Å². The van der Waals surface area contributed by atoms with Crippen LogP contribution in [0.3, 0.4) is 0 Å². The van der Waals surface area contributed by atoms with Crippen LogP contribution in [0.25, 0.3) is 0 Å². The molecule has 2 nitrogen and oxygen atoms in total. The lowest BCUT2D eigenvalue weighted by Gasteiger charge is -2.07. The molecule has 0 fully saturated rings. The SMILES string of the molecule is Brc1ccc2c(c1)NCCCN2. The molecule has 0 saturated carbocycles. The Morgan fingerprint density at radius 2 is 1.83 bits per heavy atom. The van der Waals surface area contributed by atoms with E-state index in [1.165, 1.54) is 17.8 Å². The van der Waals surface area contributed by atoms with Crippen LogP contribution in [-0.2, 0) is 0 Å². The van der Waals surface area contributed by atoms with Gasteiger partial charge in [0.25, 0.3) is 0 Å². The molecule has 1 aromatic carbocycles. The van der Waals surface area contributed by atoms with E-state index in [-0.39, 0.29) is 0 Å². The van der Waals surface area contributed by atoms with Crippen molar-refractivity contribution in [3.8, 4) is 0 Å². The largest absolute Gasteiger partial charge is 0.383 e. The summed E-state index contributed by atoms with van der Waals surface area (Å²) in [6.07, 6.45) is 1.17. The molecule has 0 aliphatic carbocycles. The predicted molar refractivity (Wildman–Crippen MR) is 55.7 cm³/mol. The van der Waals surface area contributed by atoms with Gasteiger partial charge in [-0.15, -0.1) is 0 Å². The van der Waals surface area contributed by atoms with Crippen LogP contribution in [0.2, 0.25) is 0 Å². The first-order valence-electron chi connectivity index (χ1n) is 4.13. The zero-order valence-corrected chi connectivity index (χ0v) is 8.32. The fraction of sp³-hybridized carbons (Fsp3) is 0.333. The molecule has 64 valence electrons. The van der Waals surface area contributed by atoms with Crippen LogP contribution < -0.4 is 10.6 Å². The van der Waals surface area contributed by atoms with E-state index in [1.807, 2.05) is 0 Å². The van der Waals surface area contributed by atoms with Crippen molar-refractivity contribution in [3.63, 3.8) is 0 Å². The molecule has 0 atom stereocenters. The van der Waals surface area contributed by atoms with Crippen LogP contribution in [0.15, 0.2) is 22.7 Å². The molecule has 0 saturated heterocycles. The van der Waals surface area contributed by atoms with Gasteiger partial charge in [-0.25, -0.2) is 0 Å². The molecular weight excluding hydrogens is 216 g/mol. The molecule has 0 bridgehead atoms. The number of halogens is 1. The standard InChI is InChI=1S/C9H11BrN2/c10-7-2-3-8-9(6-7)12-5-1-4-11-8/h2-3,6,11-12H,1,4-5H2. The second-order valence-corrected chi connectivity index (χ2v) is 3.81. The van der Waals surface area contributed by atoms with E-state index in [9.17, 15) is 0 Å². The third-order valence-corrected chi connectivity index (χ3v) is 2.46. The monoisotopic (exact) mass is 226 g/mol. The fourth-order valence-electron chi connectivity index (χ4n) is 1.35. The fourth-order valence-corrected chi connectivity index (χ4v) is 1.71. The Morgan fingerprint density at radius 3 is 2.67 bits per heavy atom. The Bertz CT molecular complexity index is 286. The molecule has 2 rings (SSSR count). The summed E-state index contributed by atoms with van der Waals surface area (Å²) in [5.41, 5.74) is 2.40. The zero-order chi connectivity index (χ0) is 8.39. The summed E-state index contributed by atoms with van der Waals surface area (Å²) in [6, 6.07) is 6.25. The average molecular weight is 227 g/mol. The maximum Gasteiger partial charge on any atom is 0.0587 e. The number of hydrogen-bond donors (Lipinski definition) is 2. The van der Waals surface area contributed by atoms with Gasteiger partial charge in [-0.05, 0) is 24.6 Å². The minimum atomic E-state index is 1.05. The van der Waals surface area contributed by atoms with Crippen molar-refractivity contribution in [2.24, 2.45) is 0 Å². The summed E-state index contributed by atoms with van der Waals surface area (Å²) in [5.74, 6) is 0. The lowest BCUT2D eigenvalue weighted by atomic mass is 10.2. The van der Waals surface area contributed by atoms with Gasteiger partial charge < -0.3 is 10.6 Å². The van der Waals surface area contributed by atoms with Crippen molar-refractivity contribution in [2.75, 3.05) is 23.7 Å². The molecule has 0 radical (unpaired) electrons. The number of rotatable bonds is 0. The van der Waals surface area contributed by atoms with Crippen LogP contribution in [-0.4, -0.2) is 13.1 Å². The summed E-state index contributed by atoms with van der Waals surface area (Å²) in [6.45, 7) is 2.11. The third kappa shape index (κ3) is 1.55. The van der Waals surface area contributed by atoms with Crippen LogP contribution in [0.4, 0.5) is 11.4 Å². The van der Waals surface area contributed by atoms with E-state index in [0.717, 1.165) is 17.6 Å². The molecule has 2 N–H and O–H groups in total. The Morgan fingerprint density at radius 1 is 1.08 bits per heavy atom. The number of hydrogen-bond acceptors (Lipinski definition) is 2. The molecule has 12 heavy (non-hydrogen) atoms. The molecule has 1 heterocycles. The van der Waals surface area contributed by atoms with Crippen molar-refractivity contribution in [2.45, 2.75) is 6.42 Å². The van der Waals surface area contributed by atoms with Gasteiger partial charge in [-0.1, -0.05) is 15.9 Å². The summed E-state index contributed by atoms with van der Waals surface area (Å²) >= 11 is 3.45. The lowest BCUT2D eigenvalue weighted by Crippen LogP contribution is -2.01. The maximum atomic E-state index is 3.45. The molecule has 0 aromatic heterocycles. The topological polar surface area (TPSA) is 24.1 Å². The number of benzene rings is 1. The summed E-state index contributed by atoms with van der Waals surface area (Å²) in [4.78, 5) is 0. The van der Waals surface area contributed by atoms with Crippen molar-refractivity contribution in [1.82, 2.24) is 0 Å². The van der Waals surface area contributed by atoms with E-state index >= 15 is 0 Å². The van der Waals surface area contributed by atoms with Crippen LogP contribution in [0.1, 0.15) is 6.42 Å². The third-order valence-electron chi connectivity index (χ3n) is 1.97. The molecule has 3 heteroatoms. The Kier molecular flexibility index (Phi) is 2.21. The van der Waals surface area contributed by atoms with Gasteiger partial charge in [-0.3, -0.25) is 0 Å². The van der Waals surface area contributed by atoms with Crippen LogP contribution >= 0.6 is 15.9 Å². The van der Waals surface area contributed by atoms with E-state index in [1.54, 1.807) is 0 Å². The Labute approximate surface area is 80.5 Å². The molecule has 1 aliphatic heterocycles. The summed E-state index contributed by atoms with van der Waals surface area (Å²) in [7, 11) is 0. The highest BCUT2D eigenvalue weighted by Crippen LogP contribution is 2.27. The van der Waals surface area contributed by atoms with Gasteiger partial charge in [0.2, 0.25) is 0 Å². The molecular formula is C9H11BrN2. The molecule has 1 aromatic rings. The summed E-state index contributed by atoms with van der Waals surface area (Å²) < 4.78 is 1.12. The van der Waals surface area contributed by atoms with Gasteiger partial charge in [0.1, 0.15) is 0 Å². The first kappa shape index (κ1) is 7.92. The van der Waals surface area contributed by atoms with Gasteiger partial charge in [0.15, 0.2) is 0 Å². The van der Waals surface area contributed by atoms with Gasteiger partial charge in [0.05, 0.1) is 11.4 Å². The second kappa shape index (κ2) is 3.35. The Balaban J connectivity index is 2.36. The first-order valence-corrected chi connectivity index (χ1v) is 4.93. The minimum absolute atomic E-state index is 1.05. The first-order chi connectivity index (χ1) is 5.86. The van der Waals surface area contributed by atoms with E-state index in [4.69, 9.17) is 0 Å². The average Bonchev–Trinajstić information content (AvgIpc) is 2.28. The Hall–Kier alpha value is -0.700. The summed E-state index contributed by atoms with van der Waals surface area (Å²) in [5, 5.41) is 6.74. The van der Waals surface area contributed by atoms with Gasteiger partial charge >= 0.3 is 0 Å². The van der Waals surface area contributed by atoms with Gasteiger partial charge in [-0.2, -0.15) is 0 Å². The molecule has 0 spiro atoms. The van der Waals surface area contributed by atoms with Crippen molar-refractivity contribution in [1.29, 1.82) is 0 Å². The van der Waals surface area contributed by atoms with E-state index in [0.29, 0.717) is 0 Å². The highest BCUT2D eigenvalue weighted by Gasteiger charge is 2.05. The quantitative estimate of drug-likeness (QED) is 0.711. The predicted octanol–water partition coefficient (Wildman–Crippen LogP) is 2.68. The van der Waals surface area contributed by atoms with Crippen molar-refractivity contribution in [3.05, 3.63) is 22.7 Å². The number of nitrogens with one attached hydrogen (secondary N) is 2. The minimum Gasteiger partial charge on any atom is -0.383 e. The number of fused-ring (bicyclic) bond motifs is 1. The second-order valence-electron chi connectivity index (χ2n) is 2.90. The number of anilines is 2. The molecule has 0 unspecified atom stereocenters. The van der Waals surface area contributed by atoms with Crippen molar-refractivity contribution >= 4 is 27.3 Å². The smallest absolute Gasteiger partial charge is 0.0587 e. The molecule has 1 aliphatic rings. The van der Waals surface area contributed by atoms with Crippen LogP contribution in [0, 0.1) is 0 Å². The normalized spacial score (nSPS) is 15.4. The van der Waals surface area contributed by atoms with E-state index < -0.39 is 0 Å². The highest BCUT2D eigenvalue weighted by atomic mass is 79.9. The van der Waals surface area contributed by atoms with E-state index in [2.05, 4.69) is 44.8 Å². The van der Waals surface area contributed by atoms with Crippen LogP contribution in [0.5, 0.6) is 0 Å². The lowest BCUT2D eigenvalue weighted by molar-refractivity contribution is 0.928. The van der Waals surface area contributed by atoms with Gasteiger partial charge in [0, 0.05) is 17.6 Å². The maximum absolute atomic E-state index is 3.45.